The molecule has 1 atom stereocenters. The van der Waals surface area contributed by atoms with Crippen LogP contribution in [0.5, 0.6) is 5.75 Å². The SMILES string of the molecule is COc1ccc([C@H]2S/C(=C\c3cccc([N+](=O)[O-])c3)C(=O)N2NC(=O)Cc2ccccc2)cc1. The summed E-state index contributed by atoms with van der Waals surface area (Å²) in [6, 6.07) is 22.5. The molecule has 2 amide bonds. The van der Waals surface area contributed by atoms with Gasteiger partial charge in [-0.3, -0.25) is 25.1 Å². The number of hydrogen-bond donors (Lipinski definition) is 1. The molecule has 3 aromatic carbocycles. The third-order valence-electron chi connectivity index (χ3n) is 5.14. The van der Waals surface area contributed by atoms with Crippen molar-refractivity contribution in [1.82, 2.24) is 10.4 Å². The highest BCUT2D eigenvalue weighted by Crippen LogP contribution is 2.45. The van der Waals surface area contributed by atoms with Crippen molar-refractivity contribution in [1.29, 1.82) is 0 Å². The van der Waals surface area contributed by atoms with Crippen LogP contribution < -0.4 is 10.2 Å². The van der Waals surface area contributed by atoms with Crippen LogP contribution in [0.1, 0.15) is 22.1 Å². The zero-order valence-corrected chi connectivity index (χ0v) is 19.0. The number of hydrogen-bond acceptors (Lipinski definition) is 6. The number of nitrogens with zero attached hydrogens (tertiary/aromatic N) is 2. The van der Waals surface area contributed by atoms with Gasteiger partial charge in [0.2, 0.25) is 5.91 Å². The number of methoxy groups -OCH3 is 1. The number of nitrogens with one attached hydrogen (secondary N) is 1. The second kappa shape index (κ2) is 10.2. The standard InChI is InChI=1S/C25H21N3O5S/c1-33-21-12-10-19(11-13-21)25-27(26-23(29)16-17-6-3-2-4-7-17)24(30)22(34-25)15-18-8-5-9-20(14-18)28(31)32/h2-15,25H,16H2,1H3,(H,26,29)/b22-15-/t25-/m1/s1. The fourth-order valence-electron chi connectivity index (χ4n) is 3.47. The average molecular weight is 476 g/mol. The highest BCUT2D eigenvalue weighted by Gasteiger charge is 2.38. The molecule has 172 valence electrons. The summed E-state index contributed by atoms with van der Waals surface area (Å²) in [6.45, 7) is 0. The average Bonchev–Trinajstić information content (AvgIpc) is 3.14. The number of hydrazine groups is 1. The maximum absolute atomic E-state index is 13.3. The molecule has 0 aliphatic carbocycles. The molecule has 0 saturated carbocycles. The van der Waals surface area contributed by atoms with Crippen molar-refractivity contribution in [2.45, 2.75) is 11.8 Å². The molecule has 3 aromatic rings. The van der Waals surface area contributed by atoms with Crippen LogP contribution in [0.15, 0.2) is 83.8 Å². The predicted molar refractivity (Wildman–Crippen MR) is 130 cm³/mol. The first-order chi connectivity index (χ1) is 16.4. The fourth-order valence-corrected chi connectivity index (χ4v) is 4.66. The molecule has 1 fully saturated rings. The summed E-state index contributed by atoms with van der Waals surface area (Å²) in [5.74, 6) is -0.0425. The van der Waals surface area contributed by atoms with Crippen LogP contribution in [0.3, 0.4) is 0 Å². The molecular weight excluding hydrogens is 454 g/mol. The number of carbonyl (C=O) groups is 2. The molecule has 1 N–H and O–H groups in total. The van der Waals surface area contributed by atoms with Gasteiger partial charge in [-0.05, 0) is 34.9 Å². The predicted octanol–water partition coefficient (Wildman–Crippen LogP) is 4.49. The van der Waals surface area contributed by atoms with E-state index in [1.165, 1.54) is 28.9 Å². The Morgan fingerprint density at radius 3 is 2.53 bits per heavy atom. The minimum atomic E-state index is -0.511. The van der Waals surface area contributed by atoms with Crippen LogP contribution in [0.2, 0.25) is 0 Å². The molecule has 0 aromatic heterocycles. The molecular formula is C25H21N3O5S. The third-order valence-corrected chi connectivity index (χ3v) is 6.39. The lowest BCUT2D eigenvalue weighted by Crippen LogP contribution is -2.44. The lowest BCUT2D eigenvalue weighted by molar-refractivity contribution is -0.384. The minimum Gasteiger partial charge on any atom is -0.497 e. The quantitative estimate of drug-likeness (QED) is 0.307. The smallest absolute Gasteiger partial charge is 0.280 e. The molecule has 1 heterocycles. The van der Waals surface area contributed by atoms with Crippen molar-refractivity contribution in [3.63, 3.8) is 0 Å². The van der Waals surface area contributed by atoms with Crippen molar-refractivity contribution in [3.05, 3.63) is 111 Å². The summed E-state index contributed by atoms with van der Waals surface area (Å²) in [7, 11) is 1.57. The van der Waals surface area contributed by atoms with Gasteiger partial charge in [0.25, 0.3) is 11.6 Å². The maximum Gasteiger partial charge on any atom is 0.280 e. The zero-order valence-electron chi connectivity index (χ0n) is 18.2. The second-order valence-electron chi connectivity index (χ2n) is 7.48. The molecule has 0 radical (unpaired) electrons. The maximum atomic E-state index is 13.3. The number of non-ortho nitro benzene ring substituents is 1. The molecule has 1 aliphatic heterocycles. The van der Waals surface area contributed by atoms with Gasteiger partial charge in [-0.2, -0.15) is 0 Å². The van der Waals surface area contributed by atoms with Crippen LogP contribution in [0, 0.1) is 10.1 Å². The van der Waals surface area contributed by atoms with Crippen LogP contribution in [0.4, 0.5) is 5.69 Å². The number of benzene rings is 3. The highest BCUT2D eigenvalue weighted by atomic mass is 32.2. The summed E-state index contributed by atoms with van der Waals surface area (Å²) >= 11 is 1.26. The van der Waals surface area contributed by atoms with E-state index in [0.717, 1.165) is 11.1 Å². The number of rotatable bonds is 7. The molecule has 34 heavy (non-hydrogen) atoms. The van der Waals surface area contributed by atoms with Gasteiger partial charge in [-0.25, -0.2) is 5.01 Å². The Balaban J connectivity index is 1.63. The number of amides is 2. The van der Waals surface area contributed by atoms with E-state index in [-0.39, 0.29) is 18.0 Å². The number of nitro groups is 1. The number of thioether (sulfide) groups is 1. The molecule has 9 heteroatoms. The van der Waals surface area contributed by atoms with E-state index in [0.29, 0.717) is 16.2 Å². The van der Waals surface area contributed by atoms with Crippen molar-refractivity contribution < 1.29 is 19.2 Å². The lowest BCUT2D eigenvalue weighted by atomic mass is 10.1. The van der Waals surface area contributed by atoms with Gasteiger partial charge in [-0.1, -0.05) is 66.4 Å². The summed E-state index contributed by atoms with van der Waals surface area (Å²) in [6.07, 6.45) is 1.72. The van der Waals surface area contributed by atoms with Gasteiger partial charge >= 0.3 is 0 Å². The van der Waals surface area contributed by atoms with Gasteiger partial charge in [0.15, 0.2) is 0 Å². The van der Waals surface area contributed by atoms with Crippen molar-refractivity contribution in [2.75, 3.05) is 7.11 Å². The highest BCUT2D eigenvalue weighted by molar-refractivity contribution is 8.04. The summed E-state index contributed by atoms with van der Waals surface area (Å²) in [5.41, 5.74) is 4.82. The Labute approximate surface area is 200 Å². The summed E-state index contributed by atoms with van der Waals surface area (Å²) in [4.78, 5) is 37.0. The Bertz CT molecular complexity index is 1240. The number of ether oxygens (including phenoxy) is 1. The normalized spacial score (nSPS) is 16.5. The van der Waals surface area contributed by atoms with E-state index in [1.807, 2.05) is 42.5 Å². The van der Waals surface area contributed by atoms with Gasteiger partial charge in [-0.15, -0.1) is 0 Å². The Hall–Kier alpha value is -4.11. The van der Waals surface area contributed by atoms with Gasteiger partial charge < -0.3 is 4.74 Å². The Morgan fingerprint density at radius 2 is 1.85 bits per heavy atom. The molecule has 0 bridgehead atoms. The molecule has 0 spiro atoms. The summed E-state index contributed by atoms with van der Waals surface area (Å²) < 4.78 is 5.22. The molecule has 4 rings (SSSR count). The Kier molecular flexibility index (Phi) is 6.93. The monoisotopic (exact) mass is 475 g/mol. The Morgan fingerprint density at radius 1 is 1.12 bits per heavy atom. The van der Waals surface area contributed by atoms with Crippen molar-refractivity contribution in [2.24, 2.45) is 0 Å². The first kappa shape index (κ1) is 23.1. The van der Waals surface area contributed by atoms with Crippen LogP contribution in [-0.2, 0) is 16.0 Å². The first-order valence-corrected chi connectivity index (χ1v) is 11.3. The largest absolute Gasteiger partial charge is 0.497 e. The van der Waals surface area contributed by atoms with Crippen LogP contribution >= 0.6 is 11.8 Å². The zero-order chi connectivity index (χ0) is 24.1. The van der Waals surface area contributed by atoms with E-state index >= 15 is 0 Å². The third kappa shape index (κ3) is 5.26. The van der Waals surface area contributed by atoms with Crippen LogP contribution in [-0.4, -0.2) is 28.9 Å². The summed E-state index contributed by atoms with van der Waals surface area (Å²) in [5, 5.41) is 11.9. The first-order valence-electron chi connectivity index (χ1n) is 10.4. The van der Waals surface area contributed by atoms with E-state index in [4.69, 9.17) is 4.74 Å². The molecule has 1 aliphatic rings. The molecule has 1 saturated heterocycles. The molecule has 0 unspecified atom stereocenters. The van der Waals surface area contributed by atoms with E-state index in [9.17, 15) is 19.7 Å². The van der Waals surface area contributed by atoms with Gasteiger partial charge in [0.1, 0.15) is 11.1 Å². The van der Waals surface area contributed by atoms with Crippen molar-refractivity contribution >= 4 is 35.3 Å². The minimum absolute atomic E-state index is 0.0653. The fraction of sp³-hybridized carbons (Fsp3) is 0.120. The topological polar surface area (TPSA) is 102 Å². The second-order valence-corrected chi connectivity index (χ2v) is 8.60. The van der Waals surface area contributed by atoms with Gasteiger partial charge in [0.05, 0.1) is 23.4 Å². The van der Waals surface area contributed by atoms with E-state index in [2.05, 4.69) is 5.43 Å². The van der Waals surface area contributed by atoms with Crippen LogP contribution in [0.25, 0.3) is 6.08 Å². The molecule has 8 nitrogen and oxygen atoms in total. The van der Waals surface area contributed by atoms with E-state index < -0.39 is 16.2 Å². The number of nitro benzene ring substituents is 1. The van der Waals surface area contributed by atoms with Crippen molar-refractivity contribution in [3.8, 4) is 5.75 Å². The van der Waals surface area contributed by atoms with E-state index in [1.54, 1.807) is 37.5 Å². The number of carbonyl (C=O) groups excluding carboxylic acids is 2. The van der Waals surface area contributed by atoms with Gasteiger partial charge in [0, 0.05) is 12.1 Å². The lowest BCUT2D eigenvalue weighted by Gasteiger charge is -2.24.